The van der Waals surface area contributed by atoms with Crippen LogP contribution < -0.4 is 5.32 Å². The molecule has 1 amide bonds. The number of benzene rings is 1. The molecule has 7 heteroatoms. The second-order valence-electron chi connectivity index (χ2n) is 5.31. The van der Waals surface area contributed by atoms with E-state index in [4.69, 9.17) is 0 Å². The van der Waals surface area contributed by atoms with E-state index in [0.717, 1.165) is 22.4 Å². The number of nitrogens with zero attached hydrogens (tertiary/aromatic N) is 3. The van der Waals surface area contributed by atoms with Gasteiger partial charge in [-0.2, -0.15) is 0 Å². The second-order valence-corrected chi connectivity index (χ2v) is 6.25. The molecule has 6 nitrogen and oxygen atoms in total. The number of rotatable bonds is 5. The summed E-state index contributed by atoms with van der Waals surface area (Å²) in [6.07, 6.45) is 3.41. The number of anilines is 1. The van der Waals surface area contributed by atoms with E-state index in [2.05, 4.69) is 25.5 Å². The lowest BCUT2D eigenvalue weighted by Crippen LogP contribution is -2.15. The van der Waals surface area contributed by atoms with Gasteiger partial charge in [0.15, 0.2) is 5.82 Å². The Morgan fingerprint density at radius 2 is 2.00 bits per heavy atom. The maximum Gasteiger partial charge on any atom is 0.234 e. The number of hydrogen-bond donors (Lipinski definition) is 2. The standard InChI is InChI=1S/C17H17N5OS/c1-11-5-3-6-12(2)15(11)19-14(23)10-24-17-20-16(21-22-17)13-7-4-8-18-9-13/h3-9H,10H2,1-2H3,(H,19,23)(H,20,21,22). The van der Waals surface area contributed by atoms with Gasteiger partial charge >= 0.3 is 0 Å². The van der Waals surface area contributed by atoms with Gasteiger partial charge in [-0.3, -0.25) is 14.9 Å². The Labute approximate surface area is 144 Å². The van der Waals surface area contributed by atoms with Gasteiger partial charge in [0.25, 0.3) is 0 Å². The minimum absolute atomic E-state index is 0.0786. The van der Waals surface area contributed by atoms with Crippen molar-refractivity contribution in [1.82, 2.24) is 20.2 Å². The molecule has 0 saturated heterocycles. The van der Waals surface area contributed by atoms with Crippen molar-refractivity contribution in [2.45, 2.75) is 19.0 Å². The zero-order chi connectivity index (χ0) is 16.9. The molecule has 0 unspecified atom stereocenters. The fourth-order valence-electron chi connectivity index (χ4n) is 2.26. The molecule has 2 N–H and O–H groups in total. The highest BCUT2D eigenvalue weighted by atomic mass is 32.2. The zero-order valence-corrected chi connectivity index (χ0v) is 14.2. The van der Waals surface area contributed by atoms with E-state index in [0.29, 0.717) is 11.0 Å². The molecule has 122 valence electrons. The number of thioether (sulfide) groups is 1. The number of pyridine rings is 1. The van der Waals surface area contributed by atoms with Crippen LogP contribution in [0.3, 0.4) is 0 Å². The Kier molecular flexibility index (Phi) is 4.90. The van der Waals surface area contributed by atoms with Gasteiger partial charge in [-0.25, -0.2) is 4.98 Å². The fraction of sp³-hybridized carbons (Fsp3) is 0.176. The Morgan fingerprint density at radius 3 is 2.71 bits per heavy atom. The molecule has 3 aromatic rings. The third-order valence-electron chi connectivity index (χ3n) is 3.48. The molecule has 2 heterocycles. The molecule has 0 atom stereocenters. The minimum Gasteiger partial charge on any atom is -0.325 e. The van der Waals surface area contributed by atoms with E-state index in [1.54, 1.807) is 12.4 Å². The Morgan fingerprint density at radius 1 is 1.21 bits per heavy atom. The number of carbonyl (C=O) groups is 1. The molecule has 3 rings (SSSR count). The molecule has 0 bridgehead atoms. The second kappa shape index (κ2) is 7.27. The van der Waals surface area contributed by atoms with Crippen LogP contribution in [0.15, 0.2) is 47.9 Å². The molecular weight excluding hydrogens is 322 g/mol. The van der Waals surface area contributed by atoms with Crippen LogP contribution in [0.4, 0.5) is 5.69 Å². The number of amides is 1. The Hall–Kier alpha value is -2.67. The number of aryl methyl sites for hydroxylation is 2. The van der Waals surface area contributed by atoms with Gasteiger partial charge in [-0.05, 0) is 37.1 Å². The topological polar surface area (TPSA) is 83.6 Å². The van der Waals surface area contributed by atoms with Crippen molar-refractivity contribution >= 4 is 23.4 Å². The molecule has 0 aliphatic rings. The molecule has 0 fully saturated rings. The SMILES string of the molecule is Cc1cccc(C)c1NC(=O)CSc1n[nH]c(-c2cccnc2)n1. The largest absolute Gasteiger partial charge is 0.325 e. The normalized spacial score (nSPS) is 10.6. The fourth-order valence-corrected chi connectivity index (χ4v) is 2.86. The van der Waals surface area contributed by atoms with Gasteiger partial charge in [-0.15, -0.1) is 5.10 Å². The highest BCUT2D eigenvalue weighted by Crippen LogP contribution is 2.21. The van der Waals surface area contributed by atoms with Gasteiger partial charge < -0.3 is 5.32 Å². The summed E-state index contributed by atoms with van der Waals surface area (Å²) in [7, 11) is 0. The van der Waals surface area contributed by atoms with Crippen molar-refractivity contribution < 1.29 is 4.79 Å². The molecule has 0 saturated carbocycles. The molecule has 0 aliphatic heterocycles. The summed E-state index contributed by atoms with van der Waals surface area (Å²) in [5.74, 6) is 0.809. The van der Waals surface area contributed by atoms with Crippen LogP contribution in [-0.4, -0.2) is 31.8 Å². The lowest BCUT2D eigenvalue weighted by molar-refractivity contribution is -0.113. The third-order valence-corrected chi connectivity index (χ3v) is 4.33. The molecule has 24 heavy (non-hydrogen) atoms. The number of aromatic nitrogens is 4. The van der Waals surface area contributed by atoms with Crippen LogP contribution in [0.25, 0.3) is 11.4 Å². The van der Waals surface area contributed by atoms with Crippen molar-refractivity contribution in [1.29, 1.82) is 0 Å². The van der Waals surface area contributed by atoms with Crippen molar-refractivity contribution in [3.63, 3.8) is 0 Å². The first-order chi connectivity index (χ1) is 11.6. The summed E-state index contributed by atoms with van der Waals surface area (Å²) in [6.45, 7) is 3.95. The summed E-state index contributed by atoms with van der Waals surface area (Å²) >= 11 is 1.29. The van der Waals surface area contributed by atoms with E-state index < -0.39 is 0 Å². The monoisotopic (exact) mass is 339 g/mol. The van der Waals surface area contributed by atoms with Crippen molar-refractivity contribution in [3.05, 3.63) is 53.9 Å². The number of aromatic amines is 1. The number of para-hydroxylation sites is 1. The first-order valence-corrected chi connectivity index (χ1v) is 8.43. The predicted molar refractivity (Wildman–Crippen MR) is 94.9 cm³/mol. The first-order valence-electron chi connectivity index (χ1n) is 7.45. The zero-order valence-electron chi connectivity index (χ0n) is 13.4. The van der Waals surface area contributed by atoms with Crippen LogP contribution in [0.1, 0.15) is 11.1 Å². The average Bonchev–Trinajstić information content (AvgIpc) is 3.06. The highest BCUT2D eigenvalue weighted by Gasteiger charge is 2.11. The first kappa shape index (κ1) is 16.2. The third kappa shape index (κ3) is 3.80. The van der Waals surface area contributed by atoms with Gasteiger partial charge in [0.05, 0.1) is 5.75 Å². The van der Waals surface area contributed by atoms with E-state index in [1.807, 2.05) is 44.2 Å². The molecule has 0 spiro atoms. The maximum atomic E-state index is 12.2. The molecular formula is C17H17N5OS. The number of H-pyrrole nitrogens is 1. The lowest BCUT2D eigenvalue weighted by Gasteiger charge is -2.10. The maximum absolute atomic E-state index is 12.2. The molecule has 2 aromatic heterocycles. The van der Waals surface area contributed by atoms with Crippen LogP contribution in [-0.2, 0) is 4.79 Å². The molecule has 0 radical (unpaired) electrons. The van der Waals surface area contributed by atoms with Gasteiger partial charge in [-0.1, -0.05) is 30.0 Å². The average molecular weight is 339 g/mol. The van der Waals surface area contributed by atoms with Crippen LogP contribution in [0, 0.1) is 13.8 Å². The van der Waals surface area contributed by atoms with Gasteiger partial charge in [0.1, 0.15) is 0 Å². The smallest absolute Gasteiger partial charge is 0.234 e. The van der Waals surface area contributed by atoms with Gasteiger partial charge in [0, 0.05) is 23.6 Å². The van der Waals surface area contributed by atoms with E-state index in [-0.39, 0.29) is 11.7 Å². The molecule has 1 aromatic carbocycles. The number of hydrogen-bond acceptors (Lipinski definition) is 5. The number of carbonyl (C=O) groups excluding carboxylic acids is 1. The summed E-state index contributed by atoms with van der Waals surface area (Å²) in [4.78, 5) is 20.6. The Bertz CT molecular complexity index is 827. The van der Waals surface area contributed by atoms with Crippen LogP contribution >= 0.6 is 11.8 Å². The Balaban J connectivity index is 1.60. The van der Waals surface area contributed by atoms with Crippen molar-refractivity contribution in [2.75, 3.05) is 11.1 Å². The van der Waals surface area contributed by atoms with Crippen molar-refractivity contribution in [3.8, 4) is 11.4 Å². The quantitative estimate of drug-likeness (QED) is 0.697. The predicted octanol–water partition coefficient (Wildman–Crippen LogP) is 3.21. The van der Waals surface area contributed by atoms with E-state index in [1.165, 1.54) is 11.8 Å². The number of nitrogens with one attached hydrogen (secondary N) is 2. The van der Waals surface area contributed by atoms with E-state index >= 15 is 0 Å². The highest BCUT2D eigenvalue weighted by molar-refractivity contribution is 7.99. The summed E-state index contributed by atoms with van der Waals surface area (Å²) in [5.41, 5.74) is 3.82. The van der Waals surface area contributed by atoms with E-state index in [9.17, 15) is 4.79 Å². The van der Waals surface area contributed by atoms with Crippen LogP contribution in [0.5, 0.6) is 0 Å². The summed E-state index contributed by atoms with van der Waals surface area (Å²) in [5, 5.41) is 10.5. The summed E-state index contributed by atoms with van der Waals surface area (Å²) in [6, 6.07) is 9.66. The molecule has 0 aliphatic carbocycles. The van der Waals surface area contributed by atoms with Gasteiger partial charge in [0.2, 0.25) is 11.1 Å². The minimum atomic E-state index is -0.0786. The van der Waals surface area contributed by atoms with Crippen LogP contribution in [0.2, 0.25) is 0 Å². The van der Waals surface area contributed by atoms with Crippen molar-refractivity contribution in [2.24, 2.45) is 0 Å². The summed E-state index contributed by atoms with van der Waals surface area (Å²) < 4.78 is 0. The lowest BCUT2D eigenvalue weighted by atomic mass is 10.1.